The number of H-pyrrole nitrogens is 1. The number of aliphatic hydroxyl groups is 2. The summed E-state index contributed by atoms with van der Waals surface area (Å²) in [7, 11) is 0. The number of rotatable bonds is 1. The Morgan fingerprint density at radius 2 is 2.06 bits per heavy atom. The number of imidazole rings is 1. The van der Waals surface area contributed by atoms with E-state index < -0.39 is 5.60 Å². The Balaban J connectivity index is 1.42. The van der Waals surface area contributed by atoms with E-state index in [1.807, 2.05) is 0 Å². The van der Waals surface area contributed by atoms with Crippen LogP contribution in [0.3, 0.4) is 0 Å². The number of hydrogen-bond acceptors (Lipinski definition) is 3. The molecule has 4 aliphatic rings. The molecule has 0 saturated heterocycles. The van der Waals surface area contributed by atoms with E-state index in [9.17, 15) is 10.2 Å². The fourth-order valence-corrected chi connectivity index (χ4v) is 7.37. The van der Waals surface area contributed by atoms with Crippen LogP contribution >= 0.6 is 0 Å². The van der Waals surface area contributed by atoms with Gasteiger partial charge in [0.25, 0.3) is 0 Å². The molecule has 6 rings (SSSR count). The van der Waals surface area contributed by atoms with Crippen molar-refractivity contribution in [1.29, 1.82) is 0 Å². The molecule has 31 heavy (non-hydrogen) atoms. The van der Waals surface area contributed by atoms with Crippen LogP contribution in [0.4, 0.5) is 0 Å². The van der Waals surface area contributed by atoms with Crippen LogP contribution in [0, 0.1) is 17.3 Å². The normalized spacial score (nSPS) is 37.6. The van der Waals surface area contributed by atoms with Gasteiger partial charge in [-0.15, -0.1) is 0 Å². The number of aromatic nitrogens is 2. The fraction of sp³-hybridized carbons (Fsp3) is 0.519. The third kappa shape index (κ3) is 2.77. The van der Waals surface area contributed by atoms with E-state index in [2.05, 4.69) is 54.2 Å². The van der Waals surface area contributed by atoms with Gasteiger partial charge < -0.3 is 15.2 Å². The van der Waals surface area contributed by atoms with Gasteiger partial charge in [0.2, 0.25) is 0 Å². The highest BCUT2D eigenvalue weighted by atomic mass is 16.3. The second-order valence-corrected chi connectivity index (χ2v) is 10.6. The first kappa shape index (κ1) is 19.5. The fourth-order valence-electron chi connectivity index (χ4n) is 7.37. The Morgan fingerprint density at radius 1 is 1.19 bits per heavy atom. The van der Waals surface area contributed by atoms with Crippen LogP contribution in [0.5, 0.6) is 0 Å². The van der Waals surface area contributed by atoms with Crippen molar-refractivity contribution in [2.75, 3.05) is 0 Å². The summed E-state index contributed by atoms with van der Waals surface area (Å²) >= 11 is 0. The van der Waals surface area contributed by atoms with E-state index in [1.54, 1.807) is 6.33 Å². The largest absolute Gasteiger partial charge is 0.393 e. The van der Waals surface area contributed by atoms with E-state index in [0.717, 1.165) is 61.6 Å². The molecule has 0 amide bonds. The Bertz CT molecular complexity index is 1150. The maximum absolute atomic E-state index is 12.3. The van der Waals surface area contributed by atoms with Crippen molar-refractivity contribution in [3.63, 3.8) is 0 Å². The Kier molecular flexibility index (Phi) is 4.19. The summed E-state index contributed by atoms with van der Waals surface area (Å²) in [6.45, 7) is 4.58. The number of aromatic amines is 1. The van der Waals surface area contributed by atoms with Gasteiger partial charge in [0.1, 0.15) is 0 Å². The second kappa shape index (κ2) is 6.66. The van der Waals surface area contributed by atoms with Crippen molar-refractivity contribution >= 4 is 16.6 Å². The lowest BCUT2D eigenvalue weighted by Gasteiger charge is -2.50. The molecule has 4 heteroatoms. The molecule has 5 atom stereocenters. The molecule has 1 aromatic heterocycles. The molecule has 4 aliphatic carbocycles. The molecule has 1 fully saturated rings. The van der Waals surface area contributed by atoms with E-state index in [0.29, 0.717) is 5.92 Å². The van der Waals surface area contributed by atoms with Crippen LogP contribution in [-0.4, -0.2) is 31.9 Å². The van der Waals surface area contributed by atoms with Gasteiger partial charge in [-0.1, -0.05) is 36.3 Å². The minimum Gasteiger partial charge on any atom is -0.393 e. The second-order valence-electron chi connectivity index (χ2n) is 10.6. The highest BCUT2D eigenvalue weighted by molar-refractivity contribution is 5.83. The minimum absolute atomic E-state index is 0.0798. The zero-order valence-corrected chi connectivity index (χ0v) is 18.5. The molecule has 0 bridgehead atoms. The maximum atomic E-state index is 12.3. The summed E-state index contributed by atoms with van der Waals surface area (Å²) in [6.07, 6.45) is 12.6. The lowest BCUT2D eigenvalue weighted by molar-refractivity contribution is -0.0354. The summed E-state index contributed by atoms with van der Waals surface area (Å²) in [5, 5.41) is 22.5. The van der Waals surface area contributed by atoms with E-state index in [4.69, 9.17) is 0 Å². The highest BCUT2D eigenvalue weighted by Gasteiger charge is 2.57. The standard InChI is InChI=1S/C27H32N2O2/c1-16-14-26(2)21(18-4-7-23-24(13-18)29-15-28-23)6-8-25(26)27(31)10-9-17-3-5-20(30)11-19(17)12-22(16)27/h4,6-7,12-13,15,17,20,25,30-31H,3,5,8-11,14H2,1-2H3,(H,28,29)/t17?,20?,25?,26?,27-/m1/s1. The van der Waals surface area contributed by atoms with Crippen molar-refractivity contribution < 1.29 is 10.2 Å². The van der Waals surface area contributed by atoms with Crippen LogP contribution in [0.25, 0.3) is 16.6 Å². The molecule has 0 radical (unpaired) electrons. The topological polar surface area (TPSA) is 69.1 Å². The molecule has 2 aromatic rings. The number of nitrogens with one attached hydrogen (secondary N) is 1. The number of hydrogen-bond donors (Lipinski definition) is 3. The number of allylic oxidation sites excluding steroid dienone is 3. The lowest BCUT2D eigenvalue weighted by Crippen LogP contribution is -2.49. The van der Waals surface area contributed by atoms with Crippen LogP contribution in [-0.2, 0) is 0 Å². The average molecular weight is 417 g/mol. The quantitative estimate of drug-likeness (QED) is 0.590. The summed E-state index contributed by atoms with van der Waals surface area (Å²) < 4.78 is 0. The summed E-state index contributed by atoms with van der Waals surface area (Å²) in [6, 6.07) is 6.49. The zero-order chi connectivity index (χ0) is 21.4. The Morgan fingerprint density at radius 3 is 2.94 bits per heavy atom. The van der Waals surface area contributed by atoms with Gasteiger partial charge in [-0.2, -0.15) is 0 Å². The molecule has 1 saturated carbocycles. The Labute approximate surface area is 183 Å². The molecule has 0 aliphatic heterocycles. The summed E-state index contributed by atoms with van der Waals surface area (Å²) in [5.74, 6) is 0.703. The van der Waals surface area contributed by atoms with E-state index in [1.165, 1.54) is 22.3 Å². The van der Waals surface area contributed by atoms with E-state index >= 15 is 0 Å². The van der Waals surface area contributed by atoms with Gasteiger partial charge >= 0.3 is 0 Å². The van der Waals surface area contributed by atoms with Gasteiger partial charge in [0, 0.05) is 11.3 Å². The van der Waals surface area contributed by atoms with Crippen LogP contribution in [0.1, 0.15) is 64.4 Å². The molecule has 1 heterocycles. The molecule has 3 N–H and O–H groups in total. The van der Waals surface area contributed by atoms with Crippen molar-refractivity contribution in [1.82, 2.24) is 9.97 Å². The molecule has 162 valence electrons. The summed E-state index contributed by atoms with van der Waals surface area (Å²) in [4.78, 5) is 7.61. The average Bonchev–Trinajstić information content (AvgIpc) is 3.30. The first-order valence-electron chi connectivity index (χ1n) is 11.8. The third-order valence-electron chi connectivity index (χ3n) is 8.86. The smallest absolute Gasteiger partial charge is 0.0935 e. The molecular formula is C27H32N2O2. The molecule has 4 unspecified atom stereocenters. The minimum atomic E-state index is -0.789. The van der Waals surface area contributed by atoms with Gasteiger partial charge in [0.15, 0.2) is 0 Å². The van der Waals surface area contributed by atoms with Gasteiger partial charge in [-0.05, 0) is 86.6 Å². The molecule has 1 aromatic carbocycles. The first-order valence-corrected chi connectivity index (χ1v) is 11.8. The molecule has 0 spiro atoms. The first-order chi connectivity index (χ1) is 14.9. The monoisotopic (exact) mass is 416 g/mol. The number of benzene rings is 1. The van der Waals surface area contributed by atoms with Crippen LogP contribution < -0.4 is 0 Å². The molecular weight excluding hydrogens is 384 g/mol. The van der Waals surface area contributed by atoms with Gasteiger partial charge in [0.05, 0.1) is 29.1 Å². The van der Waals surface area contributed by atoms with Crippen LogP contribution in [0.15, 0.2) is 53.4 Å². The highest BCUT2D eigenvalue weighted by Crippen LogP contribution is 2.62. The zero-order valence-electron chi connectivity index (χ0n) is 18.5. The predicted octanol–water partition coefficient (Wildman–Crippen LogP) is 5.31. The lowest BCUT2D eigenvalue weighted by atomic mass is 9.56. The van der Waals surface area contributed by atoms with Crippen LogP contribution in [0.2, 0.25) is 0 Å². The SMILES string of the molecule is CC1=C2C=C3CC(O)CCC3CC[C@]2(O)C2CC=C(c3ccc4nc[nH]c4c3)C2(C)C1. The summed E-state index contributed by atoms with van der Waals surface area (Å²) in [5.41, 5.74) is 7.62. The van der Waals surface area contributed by atoms with Crippen molar-refractivity contribution in [3.8, 4) is 0 Å². The molecule has 4 nitrogen and oxygen atoms in total. The third-order valence-corrected chi connectivity index (χ3v) is 8.86. The number of nitrogens with zero attached hydrogens (tertiary/aromatic N) is 1. The van der Waals surface area contributed by atoms with E-state index in [-0.39, 0.29) is 17.4 Å². The van der Waals surface area contributed by atoms with Crippen molar-refractivity contribution in [2.45, 2.75) is 70.5 Å². The van der Waals surface area contributed by atoms with Crippen molar-refractivity contribution in [3.05, 3.63) is 59.0 Å². The number of fused-ring (bicyclic) bond motifs is 5. The van der Waals surface area contributed by atoms with Crippen molar-refractivity contribution in [2.24, 2.45) is 17.3 Å². The number of aliphatic hydroxyl groups excluding tert-OH is 1. The van der Waals surface area contributed by atoms with Gasteiger partial charge in [-0.3, -0.25) is 0 Å². The predicted molar refractivity (Wildman–Crippen MR) is 123 cm³/mol. The maximum Gasteiger partial charge on any atom is 0.0935 e. The van der Waals surface area contributed by atoms with Gasteiger partial charge in [-0.25, -0.2) is 4.98 Å². The Hall–Kier alpha value is -2.17.